The molecule has 94 valence electrons. The topological polar surface area (TPSA) is 61.1 Å². The van der Waals surface area contributed by atoms with E-state index in [0.717, 1.165) is 25.7 Å². The van der Waals surface area contributed by atoms with Crippen molar-refractivity contribution < 1.29 is 9.90 Å². The molecule has 0 bridgehead atoms. The molecule has 0 radical (unpaired) electrons. The number of Topliss-reactive ketones (excluding diaryl/α,β-unsaturated/α-hetero) is 1. The minimum atomic E-state index is -0.917. The van der Waals surface area contributed by atoms with Gasteiger partial charge in [0.1, 0.15) is 5.78 Å². The van der Waals surface area contributed by atoms with Gasteiger partial charge in [0.25, 0.3) is 0 Å². The van der Waals surface area contributed by atoms with Gasteiger partial charge in [0, 0.05) is 12.8 Å². The first-order valence-electron chi connectivity index (χ1n) is 6.70. The molecule has 1 N–H and O–H groups in total. The molecule has 2 fully saturated rings. The quantitative estimate of drug-likeness (QED) is 0.800. The van der Waals surface area contributed by atoms with Crippen LogP contribution >= 0.6 is 0 Å². The van der Waals surface area contributed by atoms with E-state index < -0.39 is 11.0 Å². The Balaban J connectivity index is 2.19. The van der Waals surface area contributed by atoms with Crippen molar-refractivity contribution in [3.63, 3.8) is 0 Å². The van der Waals surface area contributed by atoms with Gasteiger partial charge >= 0.3 is 0 Å². The Morgan fingerprint density at radius 2 is 2.06 bits per heavy atom. The number of hydrogen-bond acceptors (Lipinski definition) is 3. The van der Waals surface area contributed by atoms with Gasteiger partial charge in [-0.1, -0.05) is 13.3 Å². The van der Waals surface area contributed by atoms with Gasteiger partial charge in [-0.25, -0.2) is 0 Å². The molecule has 2 aliphatic carbocycles. The summed E-state index contributed by atoms with van der Waals surface area (Å²) in [5.41, 5.74) is -1.51. The van der Waals surface area contributed by atoms with E-state index in [-0.39, 0.29) is 5.78 Å². The third-order valence-corrected chi connectivity index (χ3v) is 4.93. The lowest BCUT2D eigenvalue weighted by Gasteiger charge is -2.42. The van der Waals surface area contributed by atoms with Crippen molar-refractivity contribution in [2.45, 2.75) is 63.9 Å². The van der Waals surface area contributed by atoms with Crippen molar-refractivity contribution in [3.05, 3.63) is 0 Å². The first-order valence-corrected chi connectivity index (χ1v) is 6.70. The van der Waals surface area contributed by atoms with Crippen molar-refractivity contribution in [1.82, 2.24) is 0 Å². The predicted molar refractivity (Wildman–Crippen MR) is 64.1 cm³/mol. The van der Waals surface area contributed by atoms with Gasteiger partial charge in [0.15, 0.2) is 0 Å². The van der Waals surface area contributed by atoms with Crippen LogP contribution in [0.3, 0.4) is 0 Å². The number of nitriles is 1. The van der Waals surface area contributed by atoms with Crippen molar-refractivity contribution >= 4 is 5.78 Å². The summed E-state index contributed by atoms with van der Waals surface area (Å²) in [6.07, 6.45) is 5.58. The SMILES string of the molecule is CCC1CCC(C#N)(C2(O)CCC(=O)CC2)C1. The summed E-state index contributed by atoms with van der Waals surface area (Å²) in [6, 6.07) is 2.41. The molecule has 2 atom stereocenters. The summed E-state index contributed by atoms with van der Waals surface area (Å²) in [6.45, 7) is 2.15. The van der Waals surface area contributed by atoms with Gasteiger partial charge in [0.2, 0.25) is 0 Å². The third-order valence-electron chi connectivity index (χ3n) is 4.93. The monoisotopic (exact) mass is 235 g/mol. The van der Waals surface area contributed by atoms with Gasteiger partial charge in [0.05, 0.1) is 17.1 Å². The van der Waals surface area contributed by atoms with E-state index in [4.69, 9.17) is 0 Å². The molecule has 0 saturated heterocycles. The standard InChI is InChI=1S/C14H21NO2/c1-2-11-3-6-13(9-11,10-15)14(17)7-4-12(16)5-8-14/h11,17H,2-9H2,1H3. The number of aliphatic hydroxyl groups is 1. The zero-order valence-electron chi connectivity index (χ0n) is 10.5. The smallest absolute Gasteiger partial charge is 0.133 e. The maximum absolute atomic E-state index is 11.3. The van der Waals surface area contributed by atoms with Crippen LogP contribution in [-0.2, 0) is 4.79 Å². The van der Waals surface area contributed by atoms with Crippen LogP contribution in [0.25, 0.3) is 0 Å². The van der Waals surface area contributed by atoms with Crippen molar-refractivity contribution in [1.29, 1.82) is 5.26 Å². The van der Waals surface area contributed by atoms with E-state index in [1.165, 1.54) is 0 Å². The highest BCUT2D eigenvalue weighted by molar-refractivity contribution is 5.79. The Morgan fingerprint density at radius 3 is 2.53 bits per heavy atom. The first-order chi connectivity index (χ1) is 8.05. The van der Waals surface area contributed by atoms with Crippen molar-refractivity contribution in [2.24, 2.45) is 11.3 Å². The fourth-order valence-electron chi connectivity index (χ4n) is 3.55. The second-order valence-electron chi connectivity index (χ2n) is 5.78. The molecule has 0 amide bonds. The Morgan fingerprint density at radius 1 is 1.41 bits per heavy atom. The molecule has 0 heterocycles. The molecule has 2 aliphatic rings. The lowest BCUT2D eigenvalue weighted by molar-refractivity contribution is -0.132. The van der Waals surface area contributed by atoms with Crippen LogP contribution in [0, 0.1) is 22.7 Å². The average Bonchev–Trinajstić information content (AvgIpc) is 2.78. The van der Waals surface area contributed by atoms with Gasteiger partial charge in [-0.05, 0) is 38.0 Å². The van der Waals surface area contributed by atoms with Gasteiger partial charge < -0.3 is 5.11 Å². The summed E-state index contributed by atoms with van der Waals surface area (Å²) in [4.78, 5) is 11.3. The number of rotatable bonds is 2. The van der Waals surface area contributed by atoms with Crippen molar-refractivity contribution in [3.8, 4) is 6.07 Å². The molecule has 0 aromatic rings. The molecule has 0 aromatic carbocycles. The highest BCUT2D eigenvalue weighted by atomic mass is 16.3. The van der Waals surface area contributed by atoms with Gasteiger partial charge in [-0.3, -0.25) is 4.79 Å². The minimum Gasteiger partial charge on any atom is -0.388 e. The lowest BCUT2D eigenvalue weighted by Crippen LogP contribution is -2.48. The van der Waals surface area contributed by atoms with Crippen LogP contribution in [0.5, 0.6) is 0 Å². The highest BCUT2D eigenvalue weighted by Crippen LogP contribution is 2.53. The zero-order chi connectivity index (χ0) is 12.5. The molecule has 17 heavy (non-hydrogen) atoms. The second-order valence-corrected chi connectivity index (χ2v) is 5.78. The minimum absolute atomic E-state index is 0.229. The second kappa shape index (κ2) is 4.42. The summed E-state index contributed by atoms with van der Waals surface area (Å²) in [5, 5.41) is 20.3. The Kier molecular flexibility index (Phi) is 3.27. The number of hydrogen-bond donors (Lipinski definition) is 1. The summed E-state index contributed by atoms with van der Waals surface area (Å²) >= 11 is 0. The molecule has 0 spiro atoms. The molecule has 3 nitrogen and oxygen atoms in total. The van der Waals surface area contributed by atoms with Crippen LogP contribution in [0.2, 0.25) is 0 Å². The molecule has 2 rings (SSSR count). The zero-order valence-corrected chi connectivity index (χ0v) is 10.5. The predicted octanol–water partition coefficient (Wildman–Crippen LogP) is 2.58. The lowest BCUT2D eigenvalue weighted by atomic mass is 9.64. The maximum Gasteiger partial charge on any atom is 0.133 e. The number of carbonyl (C=O) groups is 1. The van der Waals surface area contributed by atoms with E-state index in [9.17, 15) is 15.2 Å². The van der Waals surface area contributed by atoms with Crippen molar-refractivity contribution in [2.75, 3.05) is 0 Å². The summed E-state index contributed by atoms with van der Waals surface area (Å²) < 4.78 is 0. The van der Waals surface area contributed by atoms with E-state index in [1.54, 1.807) is 0 Å². The molecular formula is C14H21NO2. The fourth-order valence-corrected chi connectivity index (χ4v) is 3.55. The highest BCUT2D eigenvalue weighted by Gasteiger charge is 2.55. The van der Waals surface area contributed by atoms with E-state index >= 15 is 0 Å². The number of nitrogens with zero attached hydrogens (tertiary/aromatic N) is 1. The molecule has 2 unspecified atom stereocenters. The normalized spacial score (nSPS) is 36.8. The molecule has 3 heteroatoms. The van der Waals surface area contributed by atoms with Gasteiger partial charge in [-0.2, -0.15) is 5.26 Å². The molecular weight excluding hydrogens is 214 g/mol. The number of carbonyl (C=O) groups excluding carboxylic acids is 1. The molecule has 2 saturated carbocycles. The Bertz CT molecular complexity index is 348. The van der Waals surface area contributed by atoms with Crippen LogP contribution in [0.15, 0.2) is 0 Å². The first kappa shape index (κ1) is 12.6. The van der Waals surface area contributed by atoms with Crippen LogP contribution < -0.4 is 0 Å². The fraction of sp³-hybridized carbons (Fsp3) is 0.857. The van der Waals surface area contributed by atoms with E-state index in [1.807, 2.05) is 0 Å². The summed E-state index contributed by atoms with van der Waals surface area (Å²) in [7, 11) is 0. The summed E-state index contributed by atoms with van der Waals surface area (Å²) in [5.74, 6) is 0.795. The Hall–Kier alpha value is -0.880. The van der Waals surface area contributed by atoms with E-state index in [0.29, 0.717) is 31.6 Å². The van der Waals surface area contributed by atoms with Crippen LogP contribution in [-0.4, -0.2) is 16.5 Å². The average molecular weight is 235 g/mol. The van der Waals surface area contributed by atoms with Crippen LogP contribution in [0.4, 0.5) is 0 Å². The maximum atomic E-state index is 11.3. The van der Waals surface area contributed by atoms with Gasteiger partial charge in [-0.15, -0.1) is 0 Å². The number of ketones is 1. The molecule has 0 aliphatic heterocycles. The third kappa shape index (κ3) is 1.99. The van der Waals surface area contributed by atoms with E-state index in [2.05, 4.69) is 13.0 Å². The molecule has 0 aromatic heterocycles. The Labute approximate surface area is 103 Å². The largest absolute Gasteiger partial charge is 0.388 e. The van der Waals surface area contributed by atoms with Crippen LogP contribution in [0.1, 0.15) is 58.3 Å².